The SMILES string of the molecule is O=C(Nc1ccc(OC(F)(F)C(F)Cl)cc1)C(F)(F)F. The Morgan fingerprint density at radius 3 is 2.05 bits per heavy atom. The van der Waals surface area contributed by atoms with E-state index in [1.807, 2.05) is 0 Å². The first-order valence-electron chi connectivity index (χ1n) is 4.85. The van der Waals surface area contributed by atoms with Crippen molar-refractivity contribution < 1.29 is 35.9 Å². The van der Waals surface area contributed by atoms with Crippen molar-refractivity contribution in [3.05, 3.63) is 24.3 Å². The number of carbonyl (C=O) groups excluding carboxylic acids is 1. The largest absolute Gasteiger partial charge is 0.471 e. The molecule has 0 saturated heterocycles. The summed E-state index contributed by atoms with van der Waals surface area (Å²) in [7, 11) is 0. The van der Waals surface area contributed by atoms with Crippen molar-refractivity contribution >= 4 is 23.2 Å². The highest BCUT2D eigenvalue weighted by atomic mass is 35.5. The highest BCUT2D eigenvalue weighted by Gasteiger charge is 2.42. The monoisotopic (exact) mass is 321 g/mol. The number of hydrogen-bond donors (Lipinski definition) is 1. The molecule has 0 heterocycles. The molecule has 0 radical (unpaired) electrons. The molecule has 1 aromatic carbocycles. The lowest BCUT2D eigenvalue weighted by Crippen LogP contribution is -2.32. The number of carbonyl (C=O) groups is 1. The average Bonchev–Trinajstić information content (AvgIpc) is 2.29. The predicted octanol–water partition coefficient (Wildman–Crippen LogP) is 3.69. The van der Waals surface area contributed by atoms with Crippen molar-refractivity contribution in [3.63, 3.8) is 0 Å². The van der Waals surface area contributed by atoms with E-state index in [0.717, 1.165) is 24.3 Å². The smallest absolute Gasteiger partial charge is 0.429 e. The van der Waals surface area contributed by atoms with Crippen LogP contribution in [0.3, 0.4) is 0 Å². The molecule has 1 amide bonds. The van der Waals surface area contributed by atoms with Crippen molar-refractivity contribution in [1.29, 1.82) is 0 Å². The molecule has 1 unspecified atom stereocenters. The molecule has 1 aromatic rings. The van der Waals surface area contributed by atoms with E-state index in [1.54, 1.807) is 0 Å². The van der Waals surface area contributed by atoms with Crippen LogP contribution in [0, 0.1) is 0 Å². The average molecular weight is 322 g/mol. The van der Waals surface area contributed by atoms with E-state index < -0.39 is 29.6 Å². The molecule has 0 aliphatic rings. The molecule has 1 atom stereocenters. The summed E-state index contributed by atoms with van der Waals surface area (Å²) >= 11 is 4.55. The fraction of sp³-hybridized carbons (Fsp3) is 0.300. The normalized spacial score (nSPS) is 13.8. The number of hydrogen-bond acceptors (Lipinski definition) is 2. The van der Waals surface area contributed by atoms with Crippen LogP contribution in [0.1, 0.15) is 0 Å². The Bertz CT molecular complexity index is 474. The lowest BCUT2D eigenvalue weighted by atomic mass is 10.3. The molecule has 10 heteroatoms. The summed E-state index contributed by atoms with van der Waals surface area (Å²) in [4.78, 5) is 10.6. The lowest BCUT2D eigenvalue weighted by Gasteiger charge is -2.17. The van der Waals surface area contributed by atoms with Crippen LogP contribution in [0.15, 0.2) is 24.3 Å². The molecule has 20 heavy (non-hydrogen) atoms. The van der Waals surface area contributed by atoms with E-state index in [0.29, 0.717) is 0 Å². The second-order valence-electron chi connectivity index (χ2n) is 3.44. The zero-order valence-electron chi connectivity index (χ0n) is 9.35. The Morgan fingerprint density at radius 2 is 1.65 bits per heavy atom. The number of amides is 1. The molecule has 0 aliphatic carbocycles. The summed E-state index contributed by atoms with van der Waals surface area (Å²) in [6.07, 6.45) is -9.37. The standard InChI is InChI=1S/C10H6ClF6NO2/c11-7(12)10(16,17)20-6-3-1-5(2-4-6)18-8(19)9(13,14)15/h1-4,7H,(H,18,19). The van der Waals surface area contributed by atoms with Crippen LogP contribution in [0.25, 0.3) is 0 Å². The van der Waals surface area contributed by atoms with Crippen molar-refractivity contribution in [3.8, 4) is 5.75 Å². The van der Waals surface area contributed by atoms with Gasteiger partial charge >= 0.3 is 18.2 Å². The molecule has 0 saturated carbocycles. The van der Waals surface area contributed by atoms with Gasteiger partial charge < -0.3 is 10.1 Å². The Kier molecular flexibility index (Phi) is 4.74. The number of nitrogens with one attached hydrogen (secondary N) is 1. The zero-order valence-corrected chi connectivity index (χ0v) is 10.1. The minimum Gasteiger partial charge on any atom is -0.429 e. The Hall–Kier alpha value is -1.64. The van der Waals surface area contributed by atoms with Crippen molar-refractivity contribution in [2.24, 2.45) is 0 Å². The van der Waals surface area contributed by atoms with Gasteiger partial charge in [0.25, 0.3) is 5.63 Å². The van der Waals surface area contributed by atoms with E-state index in [9.17, 15) is 31.1 Å². The number of rotatable bonds is 4. The van der Waals surface area contributed by atoms with Gasteiger partial charge in [0.05, 0.1) is 0 Å². The number of ether oxygens (including phenoxy) is 1. The van der Waals surface area contributed by atoms with E-state index in [-0.39, 0.29) is 5.69 Å². The molecule has 1 rings (SSSR count). The van der Waals surface area contributed by atoms with Crippen LogP contribution in [0.5, 0.6) is 5.75 Å². The third-order valence-electron chi connectivity index (χ3n) is 1.88. The van der Waals surface area contributed by atoms with Crippen molar-refractivity contribution in [1.82, 2.24) is 0 Å². The van der Waals surface area contributed by atoms with Gasteiger partial charge in [-0.2, -0.15) is 22.0 Å². The van der Waals surface area contributed by atoms with Crippen LogP contribution < -0.4 is 10.1 Å². The molecule has 0 fully saturated rings. The summed E-state index contributed by atoms with van der Waals surface area (Å²) < 4.78 is 77.5. The van der Waals surface area contributed by atoms with Crippen LogP contribution >= 0.6 is 11.6 Å². The maximum atomic E-state index is 12.8. The zero-order chi connectivity index (χ0) is 15.6. The molecule has 0 bridgehead atoms. The first-order chi connectivity index (χ1) is 9.02. The van der Waals surface area contributed by atoms with Crippen LogP contribution in [-0.4, -0.2) is 23.8 Å². The summed E-state index contributed by atoms with van der Waals surface area (Å²) in [5, 5.41) is 1.49. The van der Waals surface area contributed by atoms with Gasteiger partial charge in [-0.25, -0.2) is 4.39 Å². The quantitative estimate of drug-likeness (QED) is 0.678. The molecule has 1 N–H and O–H groups in total. The van der Waals surface area contributed by atoms with Crippen LogP contribution in [-0.2, 0) is 4.79 Å². The van der Waals surface area contributed by atoms with E-state index in [4.69, 9.17) is 0 Å². The summed E-state index contributed by atoms with van der Waals surface area (Å²) in [6.45, 7) is 0. The Balaban J connectivity index is 2.73. The summed E-state index contributed by atoms with van der Waals surface area (Å²) in [5.41, 5.74) is -3.39. The number of benzene rings is 1. The molecule has 3 nitrogen and oxygen atoms in total. The number of halogens is 7. The Labute approximate surface area is 113 Å². The first kappa shape index (κ1) is 16.4. The van der Waals surface area contributed by atoms with Crippen LogP contribution in [0.2, 0.25) is 0 Å². The van der Waals surface area contributed by atoms with Crippen LogP contribution in [0.4, 0.5) is 32.0 Å². The summed E-state index contributed by atoms with van der Waals surface area (Å²) in [6, 6.07) is 3.38. The number of anilines is 1. The Morgan fingerprint density at radius 1 is 1.15 bits per heavy atom. The lowest BCUT2D eigenvalue weighted by molar-refractivity contribution is -0.199. The predicted molar refractivity (Wildman–Crippen MR) is 57.5 cm³/mol. The topological polar surface area (TPSA) is 38.3 Å². The second kappa shape index (κ2) is 5.78. The maximum absolute atomic E-state index is 12.8. The third kappa shape index (κ3) is 4.48. The van der Waals surface area contributed by atoms with Gasteiger partial charge in [-0.1, -0.05) is 11.6 Å². The third-order valence-corrected chi connectivity index (χ3v) is 2.13. The van der Waals surface area contributed by atoms with Gasteiger partial charge in [-0.05, 0) is 24.3 Å². The summed E-state index contributed by atoms with van der Waals surface area (Å²) in [5.74, 6) is -2.76. The van der Waals surface area contributed by atoms with Gasteiger partial charge in [0.15, 0.2) is 0 Å². The fourth-order valence-electron chi connectivity index (χ4n) is 1.01. The van der Waals surface area contributed by atoms with Crippen molar-refractivity contribution in [2.75, 3.05) is 5.32 Å². The van der Waals surface area contributed by atoms with Crippen molar-refractivity contribution in [2.45, 2.75) is 17.9 Å². The van der Waals surface area contributed by atoms with Gasteiger partial charge in [0, 0.05) is 5.69 Å². The molecular weight excluding hydrogens is 316 g/mol. The van der Waals surface area contributed by atoms with E-state index >= 15 is 0 Å². The van der Waals surface area contributed by atoms with E-state index in [2.05, 4.69) is 16.3 Å². The number of alkyl halides is 7. The molecule has 0 spiro atoms. The fourth-order valence-corrected chi connectivity index (χ4v) is 1.05. The van der Waals surface area contributed by atoms with Gasteiger partial charge in [-0.15, -0.1) is 0 Å². The molecule has 0 aliphatic heterocycles. The maximum Gasteiger partial charge on any atom is 0.471 e. The van der Waals surface area contributed by atoms with Gasteiger partial charge in [0.2, 0.25) is 0 Å². The molecule has 112 valence electrons. The highest BCUT2D eigenvalue weighted by Crippen LogP contribution is 2.29. The second-order valence-corrected chi connectivity index (χ2v) is 3.82. The highest BCUT2D eigenvalue weighted by molar-refractivity contribution is 6.20. The molecule has 0 aromatic heterocycles. The minimum absolute atomic E-state index is 0.300. The van der Waals surface area contributed by atoms with Gasteiger partial charge in [-0.3, -0.25) is 4.79 Å². The van der Waals surface area contributed by atoms with Gasteiger partial charge in [0.1, 0.15) is 5.75 Å². The molecular formula is C10H6ClF6NO2. The minimum atomic E-state index is -5.08. The first-order valence-corrected chi connectivity index (χ1v) is 5.29. The van der Waals surface area contributed by atoms with E-state index in [1.165, 1.54) is 5.32 Å².